The number of nitrogens with zero attached hydrogens (tertiary/aromatic N) is 1. The molecule has 1 heterocycles. The summed E-state index contributed by atoms with van der Waals surface area (Å²) in [4.78, 5) is 24.3. The summed E-state index contributed by atoms with van der Waals surface area (Å²) in [5.74, 6) is -0.868. The second kappa shape index (κ2) is 6.95. The van der Waals surface area contributed by atoms with E-state index in [2.05, 4.69) is 10.5 Å². The molecular weight excluding hydrogens is 308 g/mol. The number of methoxy groups -OCH3 is 1. The summed E-state index contributed by atoms with van der Waals surface area (Å²) in [7, 11) is 1.29. The minimum Gasteiger partial charge on any atom is -0.467 e. The van der Waals surface area contributed by atoms with Crippen LogP contribution in [-0.4, -0.2) is 24.1 Å². The highest BCUT2D eigenvalue weighted by Crippen LogP contribution is 2.19. The largest absolute Gasteiger partial charge is 0.467 e. The molecule has 24 heavy (non-hydrogen) atoms. The van der Waals surface area contributed by atoms with Crippen molar-refractivity contribution >= 4 is 22.8 Å². The molecule has 0 saturated heterocycles. The first-order valence-corrected chi connectivity index (χ1v) is 7.44. The van der Waals surface area contributed by atoms with Crippen LogP contribution in [0, 0.1) is 0 Å². The van der Waals surface area contributed by atoms with Crippen molar-refractivity contribution < 1.29 is 18.8 Å². The average Bonchev–Trinajstić information content (AvgIpc) is 3.03. The molecule has 3 rings (SSSR count). The van der Waals surface area contributed by atoms with Crippen LogP contribution in [0.4, 0.5) is 0 Å². The highest BCUT2D eigenvalue weighted by Gasteiger charge is 2.24. The van der Waals surface area contributed by atoms with Crippen molar-refractivity contribution in [2.75, 3.05) is 7.11 Å². The molecular formula is C18H16N2O4. The third kappa shape index (κ3) is 3.27. The van der Waals surface area contributed by atoms with E-state index in [9.17, 15) is 9.59 Å². The van der Waals surface area contributed by atoms with Gasteiger partial charge >= 0.3 is 5.97 Å². The van der Waals surface area contributed by atoms with Gasteiger partial charge < -0.3 is 14.6 Å². The van der Waals surface area contributed by atoms with Crippen molar-refractivity contribution in [2.24, 2.45) is 0 Å². The smallest absolute Gasteiger partial charge is 0.333 e. The summed E-state index contributed by atoms with van der Waals surface area (Å²) in [5, 5.41) is 7.40. The monoisotopic (exact) mass is 324 g/mol. The molecule has 1 unspecified atom stereocenters. The van der Waals surface area contributed by atoms with E-state index in [0.717, 1.165) is 5.39 Å². The lowest BCUT2D eigenvalue weighted by molar-refractivity contribution is -0.145. The fourth-order valence-electron chi connectivity index (χ4n) is 2.47. The van der Waals surface area contributed by atoms with Crippen molar-refractivity contribution in [3.8, 4) is 0 Å². The summed E-state index contributed by atoms with van der Waals surface area (Å²) < 4.78 is 9.97. The van der Waals surface area contributed by atoms with Crippen molar-refractivity contribution in [3.05, 3.63) is 65.9 Å². The molecule has 1 aromatic heterocycles. The standard InChI is InChI=1S/C18H16N2O4/c1-23-18(22)17(12-7-3-2-4-8-12)19-16(21)11-14-13-9-5-6-10-15(13)24-20-14/h2-10,17H,11H2,1H3,(H,19,21). The molecule has 0 spiro atoms. The molecule has 6 heteroatoms. The van der Waals surface area contributed by atoms with Crippen molar-refractivity contribution in [3.63, 3.8) is 0 Å². The molecule has 3 aromatic rings. The number of benzene rings is 2. The van der Waals surface area contributed by atoms with Crippen LogP contribution in [0.3, 0.4) is 0 Å². The number of amides is 1. The lowest BCUT2D eigenvalue weighted by atomic mass is 10.1. The van der Waals surface area contributed by atoms with Gasteiger partial charge in [-0.1, -0.05) is 47.6 Å². The molecule has 1 N–H and O–H groups in total. The first-order chi connectivity index (χ1) is 11.7. The maximum absolute atomic E-state index is 12.4. The van der Waals surface area contributed by atoms with E-state index < -0.39 is 12.0 Å². The van der Waals surface area contributed by atoms with Crippen LogP contribution in [0.5, 0.6) is 0 Å². The lowest BCUT2D eigenvalue weighted by Crippen LogP contribution is -2.35. The Labute approximate surface area is 138 Å². The van der Waals surface area contributed by atoms with Crippen molar-refractivity contribution in [2.45, 2.75) is 12.5 Å². The van der Waals surface area contributed by atoms with Gasteiger partial charge in [-0.2, -0.15) is 0 Å². The number of esters is 1. The number of nitrogens with one attached hydrogen (secondary N) is 1. The first kappa shape index (κ1) is 15.7. The Hall–Kier alpha value is -3.15. The number of ether oxygens (including phenoxy) is 1. The maximum atomic E-state index is 12.4. The van der Waals surface area contributed by atoms with Crippen LogP contribution < -0.4 is 5.32 Å². The second-order valence-electron chi connectivity index (χ2n) is 5.24. The molecule has 0 saturated carbocycles. The van der Waals surface area contributed by atoms with Gasteiger partial charge in [0, 0.05) is 5.39 Å². The Kier molecular flexibility index (Phi) is 4.56. The molecule has 0 aliphatic carbocycles. The van der Waals surface area contributed by atoms with Gasteiger partial charge in [0.05, 0.1) is 13.5 Å². The van der Waals surface area contributed by atoms with Gasteiger partial charge in [-0.05, 0) is 17.7 Å². The Morgan fingerprint density at radius 2 is 1.83 bits per heavy atom. The summed E-state index contributed by atoms with van der Waals surface area (Å²) in [5.41, 5.74) is 1.80. The number of fused-ring (bicyclic) bond motifs is 1. The quantitative estimate of drug-likeness (QED) is 0.729. The van der Waals surface area contributed by atoms with E-state index in [1.807, 2.05) is 24.3 Å². The summed E-state index contributed by atoms with van der Waals surface area (Å²) >= 11 is 0. The average molecular weight is 324 g/mol. The highest BCUT2D eigenvalue weighted by molar-refractivity contribution is 5.89. The third-order valence-electron chi connectivity index (χ3n) is 3.66. The molecule has 0 aliphatic heterocycles. The van der Waals surface area contributed by atoms with E-state index >= 15 is 0 Å². The predicted octanol–water partition coefficient (Wildman–Crippen LogP) is 2.40. The first-order valence-electron chi connectivity index (χ1n) is 7.44. The van der Waals surface area contributed by atoms with Crippen molar-refractivity contribution in [1.82, 2.24) is 10.5 Å². The number of carbonyl (C=O) groups excluding carboxylic acids is 2. The second-order valence-corrected chi connectivity index (χ2v) is 5.24. The molecule has 1 atom stereocenters. The molecule has 0 aliphatic rings. The molecule has 122 valence electrons. The van der Waals surface area contributed by atoms with Crippen LogP contribution in [0.15, 0.2) is 59.1 Å². The van der Waals surface area contributed by atoms with E-state index in [1.54, 1.807) is 30.3 Å². The van der Waals surface area contributed by atoms with Gasteiger partial charge in [0.25, 0.3) is 0 Å². The molecule has 0 radical (unpaired) electrons. The minimum atomic E-state index is -0.859. The maximum Gasteiger partial charge on any atom is 0.333 e. The number of aromatic nitrogens is 1. The summed E-state index contributed by atoms with van der Waals surface area (Å²) in [6, 6.07) is 15.4. The van der Waals surface area contributed by atoms with E-state index in [4.69, 9.17) is 9.26 Å². The van der Waals surface area contributed by atoms with Crippen LogP contribution >= 0.6 is 0 Å². The topological polar surface area (TPSA) is 81.4 Å². The molecule has 2 aromatic carbocycles. The van der Waals surface area contributed by atoms with Gasteiger partial charge in [-0.15, -0.1) is 0 Å². The molecule has 0 bridgehead atoms. The Morgan fingerprint density at radius 1 is 1.12 bits per heavy atom. The summed E-state index contributed by atoms with van der Waals surface area (Å²) in [6.45, 7) is 0. The van der Waals surface area contributed by atoms with Crippen LogP contribution in [-0.2, 0) is 20.7 Å². The van der Waals surface area contributed by atoms with E-state index in [0.29, 0.717) is 16.8 Å². The number of hydrogen-bond acceptors (Lipinski definition) is 5. The Morgan fingerprint density at radius 3 is 2.58 bits per heavy atom. The van der Waals surface area contributed by atoms with Crippen molar-refractivity contribution in [1.29, 1.82) is 0 Å². The Bertz CT molecular complexity index is 858. The number of para-hydroxylation sites is 1. The van der Waals surface area contributed by atoms with Gasteiger partial charge in [0.1, 0.15) is 5.69 Å². The molecule has 0 fully saturated rings. The molecule has 6 nitrogen and oxygen atoms in total. The number of rotatable bonds is 5. The lowest BCUT2D eigenvalue weighted by Gasteiger charge is -2.16. The number of carbonyl (C=O) groups is 2. The minimum absolute atomic E-state index is 0.0113. The van der Waals surface area contributed by atoms with Crippen LogP contribution in [0.2, 0.25) is 0 Å². The van der Waals surface area contributed by atoms with Gasteiger partial charge in [-0.25, -0.2) is 4.79 Å². The molecule has 1 amide bonds. The zero-order valence-corrected chi connectivity index (χ0v) is 13.1. The predicted molar refractivity (Wildman–Crippen MR) is 87.1 cm³/mol. The van der Waals surface area contributed by atoms with E-state index in [1.165, 1.54) is 7.11 Å². The number of hydrogen-bond donors (Lipinski definition) is 1. The Balaban J connectivity index is 1.77. The van der Waals surface area contributed by atoms with Gasteiger partial charge in [-0.3, -0.25) is 4.79 Å². The summed E-state index contributed by atoms with van der Waals surface area (Å²) in [6.07, 6.45) is 0.0113. The zero-order chi connectivity index (χ0) is 16.9. The third-order valence-corrected chi connectivity index (χ3v) is 3.66. The van der Waals surface area contributed by atoms with Crippen LogP contribution in [0.1, 0.15) is 17.3 Å². The zero-order valence-electron chi connectivity index (χ0n) is 13.1. The van der Waals surface area contributed by atoms with E-state index in [-0.39, 0.29) is 12.3 Å². The van der Waals surface area contributed by atoms with Gasteiger partial charge in [0.2, 0.25) is 5.91 Å². The fraction of sp³-hybridized carbons (Fsp3) is 0.167. The SMILES string of the molecule is COC(=O)C(NC(=O)Cc1noc2ccccc12)c1ccccc1. The highest BCUT2D eigenvalue weighted by atomic mass is 16.5. The normalized spacial score (nSPS) is 11.9. The fourth-order valence-corrected chi connectivity index (χ4v) is 2.47. The van der Waals surface area contributed by atoms with Gasteiger partial charge in [0.15, 0.2) is 11.6 Å². The van der Waals surface area contributed by atoms with Crippen LogP contribution in [0.25, 0.3) is 11.0 Å².